The Morgan fingerprint density at radius 3 is 2.47 bits per heavy atom. The van der Waals surface area contributed by atoms with E-state index in [0.29, 0.717) is 10.4 Å². The smallest absolute Gasteiger partial charge is 0.404 e. The maximum Gasteiger partial charge on any atom is 0.573 e. The van der Waals surface area contributed by atoms with Gasteiger partial charge in [-0.05, 0) is 81.8 Å². The highest BCUT2D eigenvalue weighted by Gasteiger charge is 2.32. The van der Waals surface area contributed by atoms with E-state index in [0.717, 1.165) is 56.5 Å². The van der Waals surface area contributed by atoms with Gasteiger partial charge in [0.15, 0.2) is 10.9 Å². The summed E-state index contributed by atoms with van der Waals surface area (Å²) in [5, 5.41) is 9.85. The number of ether oxygens (including phenoxy) is 1. The molecule has 2 aliphatic rings. The van der Waals surface area contributed by atoms with Gasteiger partial charge in [-0.2, -0.15) is 4.98 Å². The van der Waals surface area contributed by atoms with Crippen molar-refractivity contribution in [3.63, 3.8) is 0 Å². The van der Waals surface area contributed by atoms with E-state index in [4.69, 9.17) is 22.2 Å². The van der Waals surface area contributed by atoms with E-state index in [2.05, 4.69) is 41.5 Å². The molecule has 1 heterocycles. The summed E-state index contributed by atoms with van der Waals surface area (Å²) < 4.78 is 42.9. The molecule has 4 rings (SSSR count). The van der Waals surface area contributed by atoms with Crippen molar-refractivity contribution < 1.29 is 17.9 Å². The maximum atomic E-state index is 12.8. The van der Waals surface area contributed by atoms with Crippen molar-refractivity contribution in [2.45, 2.75) is 69.8 Å². The van der Waals surface area contributed by atoms with Gasteiger partial charge < -0.3 is 25.6 Å². The number of hydrogen-bond donors (Lipinski definition) is 3. The van der Waals surface area contributed by atoms with Crippen molar-refractivity contribution in [1.29, 1.82) is 0 Å². The standard InChI is InChI=1S/C24H30BrF3N6OS/c1-34(2)21-17-5-3-4-6-18(17)31-22(33-21)29-15-8-10-16(11-9-15)30-23(36)32-19-12-7-14(25)13-20(19)35-24(26,27)28/h7,12-13,15-16H,3-6,8-11H2,1-2H3,(H,29,31,33)(H2,30,32,36). The SMILES string of the molecule is CN(C)c1nc(NC2CCC(NC(=S)Nc3ccc(Br)cc3OC(F)(F)F)CC2)nc2c1CCCC2. The lowest BCUT2D eigenvalue weighted by atomic mass is 9.91. The molecule has 1 saturated carbocycles. The summed E-state index contributed by atoms with van der Waals surface area (Å²) in [5.74, 6) is 1.33. The molecule has 0 amide bonds. The Hall–Kier alpha value is -2.34. The Kier molecular flexibility index (Phi) is 8.44. The highest BCUT2D eigenvalue weighted by atomic mass is 79.9. The minimum absolute atomic E-state index is 0.118. The van der Waals surface area contributed by atoms with E-state index >= 15 is 0 Å². The van der Waals surface area contributed by atoms with Crippen LogP contribution in [-0.2, 0) is 12.8 Å². The molecule has 0 spiro atoms. The highest BCUT2D eigenvalue weighted by molar-refractivity contribution is 9.10. The first-order valence-corrected chi connectivity index (χ1v) is 13.2. The first-order chi connectivity index (χ1) is 17.1. The Balaban J connectivity index is 1.31. The maximum absolute atomic E-state index is 12.8. The fraction of sp³-hybridized carbons (Fsp3) is 0.542. The number of fused-ring (bicyclic) bond motifs is 1. The minimum Gasteiger partial charge on any atom is -0.404 e. The summed E-state index contributed by atoms with van der Waals surface area (Å²) in [5.41, 5.74) is 2.56. The van der Waals surface area contributed by atoms with Crippen LogP contribution >= 0.6 is 28.1 Å². The van der Waals surface area contributed by atoms with Crippen LogP contribution in [0.15, 0.2) is 22.7 Å². The third-order valence-corrected chi connectivity index (χ3v) is 7.11. The number of thiocarbonyl (C=S) groups is 1. The summed E-state index contributed by atoms with van der Waals surface area (Å²) in [4.78, 5) is 11.7. The normalized spacial score (nSPS) is 19.7. The fourth-order valence-electron chi connectivity index (χ4n) is 4.73. The van der Waals surface area contributed by atoms with E-state index in [1.807, 2.05) is 14.1 Å². The van der Waals surface area contributed by atoms with Crippen LogP contribution in [0.5, 0.6) is 5.75 Å². The lowest BCUT2D eigenvalue weighted by Crippen LogP contribution is -2.42. The first-order valence-electron chi connectivity index (χ1n) is 12.0. The van der Waals surface area contributed by atoms with Crippen LogP contribution < -0.4 is 25.6 Å². The molecular formula is C24H30BrF3N6OS. The average Bonchev–Trinajstić information content (AvgIpc) is 2.80. The number of aromatic nitrogens is 2. The molecule has 0 aliphatic heterocycles. The van der Waals surface area contributed by atoms with Gasteiger partial charge in [-0.3, -0.25) is 0 Å². The second-order valence-corrected chi connectivity index (χ2v) is 10.7. The molecule has 0 unspecified atom stereocenters. The monoisotopic (exact) mass is 586 g/mol. The van der Waals surface area contributed by atoms with E-state index in [1.165, 1.54) is 24.1 Å². The van der Waals surface area contributed by atoms with Gasteiger partial charge in [0, 0.05) is 36.2 Å². The van der Waals surface area contributed by atoms with Gasteiger partial charge in [0.2, 0.25) is 5.95 Å². The molecule has 1 aromatic carbocycles. The summed E-state index contributed by atoms with van der Waals surface area (Å²) in [6, 6.07) is 4.72. The zero-order valence-electron chi connectivity index (χ0n) is 20.2. The average molecular weight is 588 g/mol. The van der Waals surface area contributed by atoms with Crippen LogP contribution in [0.3, 0.4) is 0 Å². The lowest BCUT2D eigenvalue weighted by molar-refractivity contribution is -0.274. The van der Waals surface area contributed by atoms with Crippen LogP contribution in [0.4, 0.5) is 30.6 Å². The zero-order valence-corrected chi connectivity index (χ0v) is 22.6. The second kappa shape index (κ2) is 11.4. The summed E-state index contributed by atoms with van der Waals surface area (Å²) in [6.45, 7) is 0. The third-order valence-electron chi connectivity index (χ3n) is 6.40. The Bertz CT molecular complexity index is 1090. The van der Waals surface area contributed by atoms with Crippen LogP contribution in [-0.4, -0.2) is 47.6 Å². The molecule has 0 bridgehead atoms. The molecular weight excluding hydrogens is 557 g/mol. The number of aryl methyl sites for hydroxylation is 1. The highest BCUT2D eigenvalue weighted by Crippen LogP contribution is 2.33. The molecule has 12 heteroatoms. The number of hydrogen-bond acceptors (Lipinski definition) is 6. The largest absolute Gasteiger partial charge is 0.573 e. The van der Waals surface area contributed by atoms with Gasteiger partial charge in [0.1, 0.15) is 5.82 Å². The molecule has 3 N–H and O–H groups in total. The van der Waals surface area contributed by atoms with Crippen molar-refractivity contribution >= 4 is 50.7 Å². The molecule has 36 heavy (non-hydrogen) atoms. The predicted octanol–water partition coefficient (Wildman–Crippen LogP) is 5.79. The quantitative estimate of drug-likeness (QED) is 0.367. The number of anilines is 3. The molecule has 2 aliphatic carbocycles. The predicted molar refractivity (Wildman–Crippen MR) is 143 cm³/mol. The topological polar surface area (TPSA) is 74.3 Å². The number of alkyl halides is 3. The minimum atomic E-state index is -4.80. The van der Waals surface area contributed by atoms with E-state index in [1.54, 1.807) is 6.07 Å². The van der Waals surface area contributed by atoms with Crippen LogP contribution in [0.2, 0.25) is 0 Å². The van der Waals surface area contributed by atoms with Crippen LogP contribution in [0.1, 0.15) is 49.8 Å². The van der Waals surface area contributed by atoms with Crippen molar-refractivity contribution in [1.82, 2.24) is 15.3 Å². The van der Waals surface area contributed by atoms with Gasteiger partial charge >= 0.3 is 6.36 Å². The van der Waals surface area contributed by atoms with Crippen LogP contribution in [0.25, 0.3) is 0 Å². The fourth-order valence-corrected chi connectivity index (χ4v) is 5.34. The van der Waals surface area contributed by atoms with E-state index in [9.17, 15) is 13.2 Å². The molecule has 0 saturated heterocycles. The van der Waals surface area contributed by atoms with Crippen molar-refractivity contribution in [3.05, 3.63) is 33.9 Å². The van der Waals surface area contributed by atoms with E-state index < -0.39 is 6.36 Å². The molecule has 0 radical (unpaired) electrons. The molecule has 7 nitrogen and oxygen atoms in total. The van der Waals surface area contributed by atoms with E-state index in [-0.39, 0.29) is 28.6 Å². The number of halogens is 4. The Morgan fingerprint density at radius 1 is 1.08 bits per heavy atom. The van der Waals surface area contributed by atoms with Gasteiger partial charge in [-0.25, -0.2) is 4.98 Å². The van der Waals surface area contributed by atoms with Gasteiger partial charge in [-0.1, -0.05) is 15.9 Å². The second-order valence-electron chi connectivity index (χ2n) is 9.38. The molecule has 196 valence electrons. The summed E-state index contributed by atoms with van der Waals surface area (Å²) in [6.07, 6.45) is 3.07. The Morgan fingerprint density at radius 2 is 1.78 bits per heavy atom. The number of nitrogens with one attached hydrogen (secondary N) is 3. The van der Waals surface area contributed by atoms with Gasteiger partial charge in [-0.15, -0.1) is 13.2 Å². The van der Waals surface area contributed by atoms with Crippen molar-refractivity contribution in [3.8, 4) is 5.75 Å². The van der Waals surface area contributed by atoms with Crippen LogP contribution in [0, 0.1) is 0 Å². The molecule has 1 aromatic heterocycles. The molecule has 1 fully saturated rings. The van der Waals surface area contributed by atoms with Crippen molar-refractivity contribution in [2.24, 2.45) is 0 Å². The molecule has 0 atom stereocenters. The van der Waals surface area contributed by atoms with Crippen molar-refractivity contribution in [2.75, 3.05) is 29.6 Å². The number of rotatable bonds is 6. The third kappa shape index (κ3) is 7.12. The Labute approximate surface area is 222 Å². The number of nitrogens with zero attached hydrogens (tertiary/aromatic N) is 3. The zero-order chi connectivity index (χ0) is 25.9. The van der Waals surface area contributed by atoms with Gasteiger partial charge in [0.25, 0.3) is 0 Å². The summed E-state index contributed by atoms with van der Waals surface area (Å²) in [7, 11) is 4.03. The lowest BCUT2D eigenvalue weighted by Gasteiger charge is -2.31. The molecule has 2 aromatic rings. The van der Waals surface area contributed by atoms with Gasteiger partial charge in [0.05, 0.1) is 11.4 Å². The summed E-state index contributed by atoms with van der Waals surface area (Å²) >= 11 is 8.54. The first kappa shape index (κ1) is 26.7. The number of benzene rings is 1.